The Hall–Kier alpha value is -0.163. The van der Waals surface area contributed by atoms with Gasteiger partial charge >= 0.3 is 0 Å². The lowest BCUT2D eigenvalue weighted by atomic mass is 10.2. The monoisotopic (exact) mass is 257 g/mol. The molecule has 1 N–H and O–H groups in total. The van der Waals surface area contributed by atoms with E-state index in [0.29, 0.717) is 12.1 Å². The van der Waals surface area contributed by atoms with Gasteiger partial charge in [0.1, 0.15) is 0 Å². The second kappa shape index (κ2) is 5.65. The first-order valence-corrected chi connectivity index (χ1v) is 9.24. The highest BCUT2D eigenvalue weighted by molar-refractivity contribution is 6.74. The molecule has 1 rings (SSSR count). The van der Waals surface area contributed by atoms with E-state index in [1.807, 2.05) is 0 Å². The molecule has 0 amide bonds. The van der Waals surface area contributed by atoms with Crippen LogP contribution in [0.15, 0.2) is 12.2 Å². The molecule has 100 valence electrons. The van der Waals surface area contributed by atoms with Gasteiger partial charge in [0, 0.05) is 19.2 Å². The molecule has 0 saturated heterocycles. The van der Waals surface area contributed by atoms with E-state index < -0.39 is 8.32 Å². The van der Waals surface area contributed by atoms with Gasteiger partial charge in [-0.15, -0.1) is 0 Å². The summed E-state index contributed by atoms with van der Waals surface area (Å²) in [4.78, 5) is 0. The largest absolute Gasteiger partial charge is 0.415 e. The topological polar surface area (TPSA) is 30.5 Å². The maximum Gasteiger partial charge on any atom is 0.192 e. The van der Waals surface area contributed by atoms with E-state index in [-0.39, 0.29) is 5.04 Å². The van der Waals surface area contributed by atoms with Crippen LogP contribution in [-0.2, 0) is 9.16 Å². The number of nitrogens with one attached hydrogen (secondary N) is 1. The van der Waals surface area contributed by atoms with Crippen molar-refractivity contribution in [3.8, 4) is 0 Å². The average Bonchev–Trinajstić information content (AvgIpc) is 2.62. The molecule has 1 aliphatic heterocycles. The number of ether oxygens (including phenoxy) is 1. The van der Waals surface area contributed by atoms with Gasteiger partial charge in [-0.05, 0) is 18.1 Å². The fraction of sp³-hybridized carbons (Fsp3) is 0.846. The summed E-state index contributed by atoms with van der Waals surface area (Å²) in [5.74, 6) is 0. The normalized spacial score (nSPS) is 25.5. The second-order valence-electron chi connectivity index (χ2n) is 6.29. The van der Waals surface area contributed by atoms with Crippen LogP contribution in [0.2, 0.25) is 18.1 Å². The minimum absolute atomic E-state index is 0.279. The Morgan fingerprint density at radius 1 is 1.12 bits per heavy atom. The maximum atomic E-state index is 6.19. The van der Waals surface area contributed by atoms with Gasteiger partial charge < -0.3 is 14.5 Å². The Balaban J connectivity index is 2.36. The summed E-state index contributed by atoms with van der Waals surface area (Å²) in [5, 5.41) is 3.76. The lowest BCUT2D eigenvalue weighted by molar-refractivity contribution is 0.175. The predicted octanol–water partition coefficient (Wildman–Crippen LogP) is 2.55. The van der Waals surface area contributed by atoms with Crippen molar-refractivity contribution in [3.63, 3.8) is 0 Å². The van der Waals surface area contributed by atoms with Crippen LogP contribution < -0.4 is 5.32 Å². The molecule has 1 heterocycles. The highest BCUT2D eigenvalue weighted by Crippen LogP contribution is 2.36. The van der Waals surface area contributed by atoms with Crippen LogP contribution in [-0.4, -0.2) is 40.7 Å². The van der Waals surface area contributed by atoms with Gasteiger partial charge in [0.05, 0.1) is 13.2 Å². The van der Waals surface area contributed by atoms with Crippen molar-refractivity contribution in [1.29, 1.82) is 0 Å². The molecule has 0 saturated carbocycles. The number of rotatable bonds is 5. The second-order valence-corrected chi connectivity index (χ2v) is 11.1. The van der Waals surface area contributed by atoms with Crippen LogP contribution in [0, 0.1) is 0 Å². The van der Waals surface area contributed by atoms with Crippen LogP contribution in [0.3, 0.4) is 0 Å². The van der Waals surface area contributed by atoms with Crippen LogP contribution in [0.5, 0.6) is 0 Å². The predicted molar refractivity (Wildman–Crippen MR) is 74.9 cm³/mol. The summed E-state index contributed by atoms with van der Waals surface area (Å²) in [6.07, 6.45) is 4.36. The third kappa shape index (κ3) is 4.21. The summed E-state index contributed by atoms with van der Waals surface area (Å²) in [6, 6.07) is 0.678. The maximum absolute atomic E-state index is 6.19. The van der Waals surface area contributed by atoms with E-state index in [9.17, 15) is 0 Å². The van der Waals surface area contributed by atoms with Crippen LogP contribution in [0.1, 0.15) is 20.8 Å². The molecule has 0 unspecified atom stereocenters. The fourth-order valence-corrected chi connectivity index (χ4v) is 2.59. The summed E-state index contributed by atoms with van der Waals surface area (Å²) in [5.41, 5.74) is 0. The first-order chi connectivity index (χ1) is 7.76. The Labute approximate surface area is 107 Å². The molecule has 1 aliphatic rings. The number of methoxy groups -OCH3 is 1. The van der Waals surface area contributed by atoms with Crippen molar-refractivity contribution in [2.75, 3.05) is 20.3 Å². The highest BCUT2D eigenvalue weighted by Gasteiger charge is 2.37. The molecule has 0 fully saturated rings. The van der Waals surface area contributed by atoms with Crippen LogP contribution >= 0.6 is 0 Å². The molecule has 0 aromatic rings. The van der Waals surface area contributed by atoms with E-state index in [1.54, 1.807) is 7.11 Å². The zero-order valence-electron chi connectivity index (χ0n) is 12.0. The highest BCUT2D eigenvalue weighted by atomic mass is 28.4. The zero-order valence-corrected chi connectivity index (χ0v) is 13.0. The van der Waals surface area contributed by atoms with Gasteiger partial charge in [-0.3, -0.25) is 0 Å². The Bertz CT molecular complexity index is 271. The number of hydrogen-bond acceptors (Lipinski definition) is 3. The van der Waals surface area contributed by atoms with Gasteiger partial charge in [-0.25, -0.2) is 0 Å². The fourth-order valence-electron chi connectivity index (χ4n) is 1.56. The number of hydrogen-bond donors (Lipinski definition) is 1. The van der Waals surface area contributed by atoms with Crippen molar-refractivity contribution in [2.45, 2.75) is 51.0 Å². The smallest absolute Gasteiger partial charge is 0.192 e. The molecular weight excluding hydrogens is 230 g/mol. The Morgan fingerprint density at radius 3 is 2.12 bits per heavy atom. The molecular formula is C13H27NO2Si. The third-order valence-electron chi connectivity index (χ3n) is 3.78. The van der Waals surface area contributed by atoms with E-state index in [1.165, 1.54) is 0 Å². The molecule has 2 atom stereocenters. The first kappa shape index (κ1) is 14.9. The molecule has 3 nitrogen and oxygen atoms in total. The Morgan fingerprint density at radius 2 is 1.65 bits per heavy atom. The molecule has 0 aromatic heterocycles. The summed E-state index contributed by atoms with van der Waals surface area (Å²) >= 11 is 0. The van der Waals surface area contributed by atoms with Gasteiger partial charge in [0.2, 0.25) is 0 Å². The zero-order chi connectivity index (χ0) is 13.1. The summed E-state index contributed by atoms with van der Waals surface area (Å²) in [7, 11) is 0.113. The lowest BCUT2D eigenvalue weighted by Gasteiger charge is -2.37. The summed E-state index contributed by atoms with van der Waals surface area (Å²) in [6.45, 7) is 12.9. The first-order valence-electron chi connectivity index (χ1n) is 6.33. The van der Waals surface area contributed by atoms with E-state index in [4.69, 9.17) is 9.16 Å². The van der Waals surface area contributed by atoms with Crippen molar-refractivity contribution in [1.82, 2.24) is 5.32 Å². The molecule has 0 spiro atoms. The average molecular weight is 257 g/mol. The minimum Gasteiger partial charge on any atom is -0.415 e. The van der Waals surface area contributed by atoms with Gasteiger partial charge in [0.25, 0.3) is 0 Å². The van der Waals surface area contributed by atoms with Crippen LogP contribution in [0.25, 0.3) is 0 Å². The van der Waals surface area contributed by atoms with Crippen molar-refractivity contribution in [3.05, 3.63) is 12.2 Å². The quantitative estimate of drug-likeness (QED) is 0.606. The molecule has 0 aromatic carbocycles. The van der Waals surface area contributed by atoms with E-state index >= 15 is 0 Å². The van der Waals surface area contributed by atoms with Gasteiger partial charge in [-0.2, -0.15) is 0 Å². The van der Waals surface area contributed by atoms with Crippen molar-refractivity contribution in [2.24, 2.45) is 0 Å². The van der Waals surface area contributed by atoms with Crippen LogP contribution in [0.4, 0.5) is 0 Å². The minimum atomic E-state index is -1.62. The lowest BCUT2D eigenvalue weighted by Crippen LogP contribution is -2.45. The standard InChI is InChI=1S/C13H27NO2Si/c1-13(2,3)17(5,6)16-10-12-8-7-11(14-12)9-15-4/h7-8,11-12,14H,9-10H2,1-6H3/t11-,12+/m1/s1. The van der Waals surface area contributed by atoms with Crippen molar-refractivity contribution < 1.29 is 9.16 Å². The van der Waals surface area contributed by atoms with E-state index in [2.05, 4.69) is 51.3 Å². The molecule has 0 bridgehead atoms. The van der Waals surface area contributed by atoms with E-state index in [0.717, 1.165) is 13.2 Å². The van der Waals surface area contributed by atoms with Crippen molar-refractivity contribution >= 4 is 8.32 Å². The molecule has 0 radical (unpaired) electrons. The molecule has 0 aliphatic carbocycles. The molecule has 17 heavy (non-hydrogen) atoms. The van der Waals surface area contributed by atoms with Gasteiger partial charge in [0.15, 0.2) is 8.32 Å². The third-order valence-corrected chi connectivity index (χ3v) is 8.28. The SMILES string of the molecule is COC[C@H]1C=C[C@@H](CO[Si](C)(C)C(C)(C)C)N1. The van der Waals surface area contributed by atoms with Gasteiger partial charge in [-0.1, -0.05) is 32.9 Å². The Kier molecular flexibility index (Phi) is 4.95. The molecule has 4 heteroatoms. The summed E-state index contributed by atoms with van der Waals surface area (Å²) < 4.78 is 11.3.